The second kappa shape index (κ2) is 8.32. The van der Waals surface area contributed by atoms with E-state index in [9.17, 15) is 4.79 Å². The monoisotopic (exact) mass is 341 g/mol. The SMILES string of the molecule is CN=C(NCCc1ccccn1)N1CCN(C(=O)c2ccco2)CC1. The Balaban J connectivity index is 1.46. The van der Waals surface area contributed by atoms with E-state index in [1.165, 1.54) is 6.26 Å². The summed E-state index contributed by atoms with van der Waals surface area (Å²) >= 11 is 0. The maximum Gasteiger partial charge on any atom is 0.289 e. The van der Waals surface area contributed by atoms with Gasteiger partial charge >= 0.3 is 0 Å². The number of rotatable bonds is 4. The van der Waals surface area contributed by atoms with Gasteiger partial charge in [0.15, 0.2) is 11.7 Å². The Morgan fingerprint density at radius 3 is 2.64 bits per heavy atom. The number of piperazine rings is 1. The molecule has 0 saturated carbocycles. The predicted octanol–water partition coefficient (Wildman–Crippen LogP) is 1.25. The number of aromatic nitrogens is 1. The zero-order chi connectivity index (χ0) is 17.5. The van der Waals surface area contributed by atoms with Crippen LogP contribution >= 0.6 is 0 Å². The molecule has 0 aliphatic carbocycles. The predicted molar refractivity (Wildman–Crippen MR) is 95.5 cm³/mol. The molecule has 132 valence electrons. The summed E-state index contributed by atoms with van der Waals surface area (Å²) in [6.07, 6.45) is 4.17. The number of nitrogens with zero attached hydrogens (tertiary/aromatic N) is 4. The smallest absolute Gasteiger partial charge is 0.289 e. The van der Waals surface area contributed by atoms with Crippen molar-refractivity contribution in [2.45, 2.75) is 6.42 Å². The van der Waals surface area contributed by atoms with Gasteiger partial charge in [0.2, 0.25) is 0 Å². The van der Waals surface area contributed by atoms with Crippen molar-refractivity contribution in [1.29, 1.82) is 0 Å². The zero-order valence-electron chi connectivity index (χ0n) is 14.4. The average molecular weight is 341 g/mol. The van der Waals surface area contributed by atoms with Gasteiger partial charge < -0.3 is 19.5 Å². The number of aliphatic imine (C=N–C) groups is 1. The Bertz CT molecular complexity index is 692. The van der Waals surface area contributed by atoms with E-state index < -0.39 is 0 Å². The number of pyridine rings is 1. The number of hydrogen-bond acceptors (Lipinski definition) is 4. The highest BCUT2D eigenvalue weighted by Crippen LogP contribution is 2.09. The van der Waals surface area contributed by atoms with E-state index in [4.69, 9.17) is 4.42 Å². The second-order valence-corrected chi connectivity index (χ2v) is 5.80. The summed E-state index contributed by atoms with van der Waals surface area (Å²) in [6, 6.07) is 9.36. The van der Waals surface area contributed by atoms with Gasteiger partial charge in [0.1, 0.15) is 0 Å². The maximum atomic E-state index is 12.3. The van der Waals surface area contributed by atoms with Crippen LogP contribution in [-0.4, -0.2) is 66.4 Å². The summed E-state index contributed by atoms with van der Waals surface area (Å²) in [5.74, 6) is 1.20. The van der Waals surface area contributed by atoms with E-state index in [1.54, 1.807) is 25.4 Å². The highest BCUT2D eigenvalue weighted by atomic mass is 16.3. The molecule has 7 heteroatoms. The highest BCUT2D eigenvalue weighted by molar-refractivity contribution is 5.91. The normalized spacial score (nSPS) is 15.3. The average Bonchev–Trinajstić information content (AvgIpc) is 3.20. The second-order valence-electron chi connectivity index (χ2n) is 5.80. The van der Waals surface area contributed by atoms with Crippen LogP contribution in [0.1, 0.15) is 16.2 Å². The van der Waals surface area contributed by atoms with Crippen LogP contribution in [0, 0.1) is 0 Å². The van der Waals surface area contributed by atoms with E-state index >= 15 is 0 Å². The molecule has 25 heavy (non-hydrogen) atoms. The van der Waals surface area contributed by atoms with Crippen molar-refractivity contribution in [2.75, 3.05) is 39.8 Å². The summed E-state index contributed by atoms with van der Waals surface area (Å²) in [4.78, 5) is 25.0. The Morgan fingerprint density at radius 2 is 2.00 bits per heavy atom. The Morgan fingerprint density at radius 1 is 1.20 bits per heavy atom. The fourth-order valence-corrected chi connectivity index (χ4v) is 2.86. The molecular weight excluding hydrogens is 318 g/mol. The molecule has 1 aliphatic heterocycles. The van der Waals surface area contributed by atoms with Gasteiger partial charge in [-0.1, -0.05) is 6.07 Å². The molecule has 0 bridgehead atoms. The van der Waals surface area contributed by atoms with Crippen LogP contribution in [-0.2, 0) is 6.42 Å². The van der Waals surface area contributed by atoms with Crippen LogP contribution in [0.15, 0.2) is 52.2 Å². The largest absolute Gasteiger partial charge is 0.459 e. The lowest BCUT2D eigenvalue weighted by atomic mass is 10.2. The summed E-state index contributed by atoms with van der Waals surface area (Å²) in [5.41, 5.74) is 1.05. The molecule has 0 unspecified atom stereocenters. The minimum absolute atomic E-state index is 0.0530. The van der Waals surface area contributed by atoms with Gasteiger partial charge in [-0.15, -0.1) is 0 Å². The molecular formula is C18H23N5O2. The minimum Gasteiger partial charge on any atom is -0.459 e. The molecule has 7 nitrogen and oxygen atoms in total. The van der Waals surface area contributed by atoms with Gasteiger partial charge in [0.05, 0.1) is 6.26 Å². The lowest BCUT2D eigenvalue weighted by Gasteiger charge is -2.36. The third-order valence-corrected chi connectivity index (χ3v) is 4.20. The Hall–Kier alpha value is -2.83. The van der Waals surface area contributed by atoms with Crippen LogP contribution in [0.5, 0.6) is 0 Å². The van der Waals surface area contributed by atoms with Crippen LogP contribution in [0.2, 0.25) is 0 Å². The number of amides is 1. The highest BCUT2D eigenvalue weighted by Gasteiger charge is 2.24. The van der Waals surface area contributed by atoms with Crippen molar-refractivity contribution >= 4 is 11.9 Å². The lowest BCUT2D eigenvalue weighted by Crippen LogP contribution is -2.54. The van der Waals surface area contributed by atoms with Crippen LogP contribution in [0.4, 0.5) is 0 Å². The number of hydrogen-bond donors (Lipinski definition) is 1. The third kappa shape index (κ3) is 4.37. The molecule has 0 spiro atoms. The van der Waals surface area contributed by atoms with Gasteiger partial charge in [-0.25, -0.2) is 0 Å². The van der Waals surface area contributed by atoms with E-state index in [2.05, 4.69) is 20.2 Å². The number of furan rings is 1. The van der Waals surface area contributed by atoms with E-state index in [0.717, 1.165) is 37.7 Å². The molecule has 2 aromatic heterocycles. The third-order valence-electron chi connectivity index (χ3n) is 4.20. The molecule has 0 aromatic carbocycles. The van der Waals surface area contributed by atoms with Gasteiger partial charge in [0, 0.05) is 58.1 Å². The zero-order valence-corrected chi connectivity index (χ0v) is 14.4. The molecule has 0 atom stereocenters. The molecule has 1 amide bonds. The number of carbonyl (C=O) groups is 1. The molecule has 0 radical (unpaired) electrons. The molecule has 1 aliphatic rings. The fraction of sp³-hybridized carbons (Fsp3) is 0.389. The molecule has 1 saturated heterocycles. The molecule has 1 fully saturated rings. The first-order valence-corrected chi connectivity index (χ1v) is 8.46. The van der Waals surface area contributed by atoms with Gasteiger partial charge in [0.25, 0.3) is 5.91 Å². The lowest BCUT2D eigenvalue weighted by molar-refractivity contribution is 0.0658. The Kier molecular flexibility index (Phi) is 5.66. The van der Waals surface area contributed by atoms with Crippen molar-refractivity contribution in [3.8, 4) is 0 Å². The number of nitrogens with one attached hydrogen (secondary N) is 1. The quantitative estimate of drug-likeness (QED) is 0.669. The van der Waals surface area contributed by atoms with Gasteiger partial charge in [-0.3, -0.25) is 14.8 Å². The van der Waals surface area contributed by atoms with Gasteiger partial charge in [-0.05, 0) is 24.3 Å². The van der Waals surface area contributed by atoms with Crippen molar-refractivity contribution in [1.82, 2.24) is 20.1 Å². The van der Waals surface area contributed by atoms with Crippen molar-refractivity contribution in [3.63, 3.8) is 0 Å². The molecule has 2 aromatic rings. The summed E-state index contributed by atoms with van der Waals surface area (Å²) in [7, 11) is 1.78. The summed E-state index contributed by atoms with van der Waals surface area (Å²) < 4.78 is 5.19. The Labute approximate surface area is 147 Å². The van der Waals surface area contributed by atoms with E-state index in [-0.39, 0.29) is 5.91 Å². The maximum absolute atomic E-state index is 12.3. The first kappa shape index (κ1) is 17.0. The van der Waals surface area contributed by atoms with Crippen LogP contribution in [0.3, 0.4) is 0 Å². The van der Waals surface area contributed by atoms with Crippen molar-refractivity contribution in [2.24, 2.45) is 4.99 Å². The first-order valence-electron chi connectivity index (χ1n) is 8.46. The molecule has 3 rings (SSSR count). The van der Waals surface area contributed by atoms with Crippen LogP contribution in [0.25, 0.3) is 0 Å². The first-order chi connectivity index (χ1) is 12.3. The van der Waals surface area contributed by atoms with E-state index in [0.29, 0.717) is 18.8 Å². The van der Waals surface area contributed by atoms with Crippen molar-refractivity contribution < 1.29 is 9.21 Å². The minimum atomic E-state index is -0.0530. The summed E-state index contributed by atoms with van der Waals surface area (Å²) in [6.45, 7) is 3.57. The molecule has 1 N–H and O–H groups in total. The standard InChI is InChI=1S/C18H23N5O2/c1-19-18(21-9-7-15-5-2-3-8-20-15)23-12-10-22(11-13-23)17(24)16-6-4-14-25-16/h2-6,8,14H,7,9-13H2,1H3,(H,19,21). The topological polar surface area (TPSA) is 74.0 Å². The van der Waals surface area contributed by atoms with Crippen LogP contribution < -0.4 is 5.32 Å². The fourth-order valence-electron chi connectivity index (χ4n) is 2.86. The number of carbonyl (C=O) groups excluding carboxylic acids is 1. The summed E-state index contributed by atoms with van der Waals surface area (Å²) in [5, 5.41) is 3.37. The van der Waals surface area contributed by atoms with Gasteiger partial charge in [-0.2, -0.15) is 0 Å². The van der Waals surface area contributed by atoms with E-state index in [1.807, 2.05) is 23.1 Å². The molecule has 3 heterocycles. The van der Waals surface area contributed by atoms with Crippen molar-refractivity contribution in [3.05, 3.63) is 54.2 Å². The number of guanidine groups is 1.